The van der Waals surface area contributed by atoms with Crippen LogP contribution in [0.3, 0.4) is 0 Å². The number of carbonyl (C=O) groups excluding carboxylic acids is 2. The Hall–Kier alpha value is -3.33. The number of rotatable bonds is 10. The zero-order valence-corrected chi connectivity index (χ0v) is 26.9. The summed E-state index contributed by atoms with van der Waals surface area (Å²) in [4.78, 5) is 30.6. The molecule has 0 spiro atoms. The lowest BCUT2D eigenvalue weighted by molar-refractivity contribution is -0.169. The molecule has 45 heavy (non-hydrogen) atoms. The van der Waals surface area contributed by atoms with Crippen molar-refractivity contribution in [2.24, 2.45) is 11.8 Å². The second-order valence-electron chi connectivity index (χ2n) is 12.6. The third-order valence-electron chi connectivity index (χ3n) is 9.90. The zero-order valence-electron chi connectivity index (χ0n) is 26.1. The summed E-state index contributed by atoms with van der Waals surface area (Å²) >= 11 is 6.33. The first-order chi connectivity index (χ1) is 21.7. The number of ether oxygens (including phenoxy) is 2. The summed E-state index contributed by atoms with van der Waals surface area (Å²) < 4.78 is 11.5. The molecule has 1 unspecified atom stereocenters. The average molecular weight is 637 g/mol. The number of nitrogens with zero attached hydrogens (tertiary/aromatic N) is 2. The molecule has 2 aromatic rings. The molecule has 2 aliphatic heterocycles. The Morgan fingerprint density at radius 3 is 2.62 bits per heavy atom. The van der Waals surface area contributed by atoms with Crippen LogP contribution in [0.1, 0.15) is 61.6 Å². The van der Waals surface area contributed by atoms with Crippen LogP contribution in [-0.4, -0.2) is 65.9 Å². The molecule has 5 rings (SSSR count). The van der Waals surface area contributed by atoms with Gasteiger partial charge in [-0.15, -0.1) is 13.2 Å². The number of hydrogen-bond acceptors (Lipinski definition) is 7. The lowest BCUT2D eigenvalue weighted by Gasteiger charge is -2.43. The van der Waals surface area contributed by atoms with E-state index in [0.29, 0.717) is 43.4 Å². The fourth-order valence-corrected chi connectivity index (χ4v) is 7.11. The minimum Gasteiger partial charge on any atom is -0.487 e. The highest BCUT2D eigenvalue weighted by molar-refractivity contribution is 6.30. The van der Waals surface area contributed by atoms with E-state index in [1.165, 1.54) is 7.11 Å². The lowest BCUT2D eigenvalue weighted by atomic mass is 9.70. The SMILES string of the molecule is C=CC[C@H]1CCN1C(=O)CC(O)(C(=O)OC)c1ccc2c(c1)N(C[C@@H]1CC[C@H]1[C@@H](O)C=C)CCCCc1cc(Cl)ccc1CO2. The summed E-state index contributed by atoms with van der Waals surface area (Å²) in [5, 5.41) is 23.2. The topological polar surface area (TPSA) is 99.5 Å². The molecule has 2 aromatic carbocycles. The van der Waals surface area contributed by atoms with E-state index in [1.54, 1.807) is 35.3 Å². The number of amides is 1. The van der Waals surface area contributed by atoms with Gasteiger partial charge in [0, 0.05) is 30.7 Å². The number of anilines is 1. The highest BCUT2D eigenvalue weighted by Crippen LogP contribution is 2.42. The minimum absolute atomic E-state index is 0.0206. The number of aliphatic hydroxyl groups excluding tert-OH is 1. The van der Waals surface area contributed by atoms with Crippen molar-refractivity contribution in [2.75, 3.05) is 31.6 Å². The molecule has 2 fully saturated rings. The van der Waals surface area contributed by atoms with E-state index in [-0.39, 0.29) is 29.3 Å². The maximum Gasteiger partial charge on any atom is 0.343 e. The van der Waals surface area contributed by atoms with Gasteiger partial charge < -0.3 is 29.5 Å². The summed E-state index contributed by atoms with van der Waals surface area (Å²) in [6.45, 7) is 9.85. The predicted molar refractivity (Wildman–Crippen MR) is 175 cm³/mol. The number of carbonyl (C=O) groups is 2. The van der Waals surface area contributed by atoms with Gasteiger partial charge in [-0.05, 0) is 97.7 Å². The fraction of sp³-hybridized carbons (Fsp3) is 0.500. The molecule has 1 saturated carbocycles. The maximum atomic E-state index is 13.4. The van der Waals surface area contributed by atoms with E-state index in [0.717, 1.165) is 55.3 Å². The summed E-state index contributed by atoms with van der Waals surface area (Å²) in [6, 6.07) is 11.1. The molecular formula is C36H45ClN2O6. The number of methoxy groups -OCH3 is 1. The summed E-state index contributed by atoms with van der Waals surface area (Å²) in [5.74, 6) is -0.237. The second kappa shape index (κ2) is 14.4. The van der Waals surface area contributed by atoms with Crippen LogP contribution >= 0.6 is 11.6 Å². The van der Waals surface area contributed by atoms with E-state index in [2.05, 4.69) is 18.1 Å². The zero-order chi connectivity index (χ0) is 32.1. The number of likely N-dealkylation sites (tertiary alicyclic amines) is 1. The van der Waals surface area contributed by atoms with Gasteiger partial charge in [0.05, 0.1) is 25.3 Å². The van der Waals surface area contributed by atoms with Crippen molar-refractivity contribution >= 4 is 29.2 Å². The van der Waals surface area contributed by atoms with Gasteiger partial charge in [-0.2, -0.15) is 0 Å². The van der Waals surface area contributed by atoms with Gasteiger partial charge in [-0.3, -0.25) is 4.79 Å². The van der Waals surface area contributed by atoms with Gasteiger partial charge in [-0.1, -0.05) is 35.9 Å². The monoisotopic (exact) mass is 636 g/mol. The Kier molecular flexibility index (Phi) is 10.6. The van der Waals surface area contributed by atoms with E-state index >= 15 is 0 Å². The molecule has 242 valence electrons. The third kappa shape index (κ3) is 7.08. The first kappa shape index (κ1) is 33.0. The predicted octanol–water partition coefficient (Wildman–Crippen LogP) is 5.56. The van der Waals surface area contributed by atoms with Crippen LogP contribution in [0.4, 0.5) is 5.69 Å². The van der Waals surface area contributed by atoms with Crippen LogP contribution in [0.2, 0.25) is 5.02 Å². The Morgan fingerprint density at radius 1 is 1.13 bits per heavy atom. The highest BCUT2D eigenvalue weighted by Gasteiger charge is 2.45. The number of fused-ring (bicyclic) bond motifs is 2. The largest absolute Gasteiger partial charge is 0.487 e. The molecule has 2 N–H and O–H groups in total. The highest BCUT2D eigenvalue weighted by atomic mass is 35.5. The fourth-order valence-electron chi connectivity index (χ4n) is 6.91. The van der Waals surface area contributed by atoms with Crippen molar-refractivity contribution < 1.29 is 29.3 Å². The standard InChI is InChI=1S/C36H45ClN2O6/c1-4-8-29-16-18-39(29)34(41)21-36(43,35(42)44-3)27-12-15-33-31(20-27)38(22-25-11-14-30(25)32(40)5-2)17-7-6-9-24-19-28(37)13-10-26(24)23-45-33/h4-5,10,12-13,15,19-20,25,29-30,32,40,43H,1-2,6-9,11,14,16-18,21-23H2,3H3/t25-,29-,30+,32-,36?/m0/s1. The number of halogens is 1. The van der Waals surface area contributed by atoms with E-state index < -0.39 is 24.1 Å². The number of hydrogen-bond donors (Lipinski definition) is 2. The van der Waals surface area contributed by atoms with Crippen molar-refractivity contribution in [3.8, 4) is 5.75 Å². The van der Waals surface area contributed by atoms with Crippen molar-refractivity contribution in [2.45, 2.75) is 75.7 Å². The van der Waals surface area contributed by atoms with E-state index in [1.807, 2.05) is 18.2 Å². The van der Waals surface area contributed by atoms with Crippen LogP contribution in [0, 0.1) is 11.8 Å². The van der Waals surface area contributed by atoms with Crippen molar-refractivity contribution in [3.63, 3.8) is 0 Å². The lowest BCUT2D eigenvalue weighted by Crippen LogP contribution is -2.53. The molecule has 1 saturated heterocycles. The molecule has 1 amide bonds. The molecule has 0 aromatic heterocycles. The number of aliphatic hydroxyl groups is 2. The van der Waals surface area contributed by atoms with Crippen molar-refractivity contribution in [1.82, 2.24) is 4.90 Å². The minimum atomic E-state index is -2.19. The Balaban J connectivity index is 1.51. The average Bonchev–Trinajstić information content (AvgIpc) is 3.03. The van der Waals surface area contributed by atoms with Crippen LogP contribution in [0.25, 0.3) is 0 Å². The molecule has 0 bridgehead atoms. The quantitative estimate of drug-likeness (QED) is 0.260. The van der Waals surface area contributed by atoms with Crippen LogP contribution < -0.4 is 9.64 Å². The molecule has 9 heteroatoms. The van der Waals surface area contributed by atoms with Gasteiger partial charge in [-0.25, -0.2) is 4.79 Å². The molecular weight excluding hydrogens is 592 g/mol. The van der Waals surface area contributed by atoms with E-state index in [9.17, 15) is 19.8 Å². The van der Waals surface area contributed by atoms with Gasteiger partial charge >= 0.3 is 5.97 Å². The van der Waals surface area contributed by atoms with Crippen molar-refractivity contribution in [3.05, 3.63) is 83.4 Å². The Morgan fingerprint density at radius 2 is 1.96 bits per heavy atom. The number of esters is 1. The van der Waals surface area contributed by atoms with Gasteiger partial charge in [0.1, 0.15) is 12.4 Å². The van der Waals surface area contributed by atoms with Crippen LogP contribution in [0.5, 0.6) is 5.75 Å². The number of aryl methyl sites for hydroxylation is 1. The smallest absolute Gasteiger partial charge is 0.343 e. The van der Waals surface area contributed by atoms with Crippen LogP contribution in [0.15, 0.2) is 61.7 Å². The second-order valence-corrected chi connectivity index (χ2v) is 13.0. The third-order valence-corrected chi connectivity index (χ3v) is 10.1. The maximum absolute atomic E-state index is 13.4. The number of benzene rings is 2. The van der Waals surface area contributed by atoms with Gasteiger partial charge in [0.15, 0.2) is 5.60 Å². The van der Waals surface area contributed by atoms with Crippen molar-refractivity contribution in [1.29, 1.82) is 0 Å². The Labute approximate surface area is 271 Å². The molecule has 8 nitrogen and oxygen atoms in total. The van der Waals surface area contributed by atoms with Gasteiger partial charge in [0.25, 0.3) is 0 Å². The Bertz CT molecular complexity index is 1410. The van der Waals surface area contributed by atoms with Crippen LogP contribution in [-0.2, 0) is 33.0 Å². The molecule has 0 radical (unpaired) electrons. The molecule has 5 atom stereocenters. The molecule has 2 heterocycles. The van der Waals surface area contributed by atoms with E-state index in [4.69, 9.17) is 21.1 Å². The molecule has 1 aliphatic carbocycles. The normalized spacial score (nSPS) is 23.3. The first-order valence-corrected chi connectivity index (χ1v) is 16.4. The summed E-state index contributed by atoms with van der Waals surface area (Å²) in [6.07, 6.45) is 8.49. The molecule has 3 aliphatic rings. The summed E-state index contributed by atoms with van der Waals surface area (Å²) in [5.41, 5.74) is 1.02. The van der Waals surface area contributed by atoms with Gasteiger partial charge in [0.2, 0.25) is 5.91 Å². The summed E-state index contributed by atoms with van der Waals surface area (Å²) in [7, 11) is 1.22. The first-order valence-electron chi connectivity index (χ1n) is 16.0.